The van der Waals surface area contributed by atoms with Gasteiger partial charge < -0.3 is 15.2 Å². The molecule has 0 radical (unpaired) electrons. The van der Waals surface area contributed by atoms with E-state index in [0.717, 1.165) is 6.08 Å². The maximum Gasteiger partial charge on any atom is 0.352 e. The highest BCUT2D eigenvalue weighted by Crippen LogP contribution is 2.15. The fourth-order valence-corrected chi connectivity index (χ4v) is 1.30. The lowest BCUT2D eigenvalue weighted by Gasteiger charge is -2.08. The molecule has 8 heteroatoms. The predicted molar refractivity (Wildman–Crippen MR) is 55.2 cm³/mol. The number of carbonyl (C=O) groups is 2. The number of aromatic amines is 2. The summed E-state index contributed by atoms with van der Waals surface area (Å²) in [4.78, 5) is 47.6. The molecule has 0 fully saturated rings. The summed E-state index contributed by atoms with van der Waals surface area (Å²) in [5.41, 5.74) is -3.42. The number of hydrogen-bond donors (Lipinski definition) is 4. The number of H-pyrrole nitrogens is 2. The van der Waals surface area contributed by atoms with E-state index in [0.29, 0.717) is 0 Å². The second-order valence-electron chi connectivity index (χ2n) is 3.05. The van der Waals surface area contributed by atoms with Crippen LogP contribution in [0.2, 0.25) is 0 Å². The quantitative estimate of drug-likeness (QED) is 0.503. The maximum absolute atomic E-state index is 11.4. The van der Waals surface area contributed by atoms with Gasteiger partial charge in [0.15, 0.2) is 0 Å². The zero-order chi connectivity index (χ0) is 13.2. The molecule has 0 saturated heterocycles. The number of nitrogens with one attached hydrogen (secondary N) is 2. The molecule has 1 rings (SSSR count). The first-order valence-electron chi connectivity index (χ1n) is 4.33. The Kier molecular flexibility index (Phi) is 3.27. The number of rotatable bonds is 4. The SMILES string of the molecule is C=CC(C(=O)O)c1c(C(=O)O)[nH]c(=O)[nH]c1=O. The molecular formula is C9H8N2O6. The number of carboxylic acid groups (broad SMARTS) is 2. The third kappa shape index (κ3) is 2.30. The van der Waals surface area contributed by atoms with Gasteiger partial charge in [-0.05, 0) is 0 Å². The summed E-state index contributed by atoms with van der Waals surface area (Å²) >= 11 is 0. The largest absolute Gasteiger partial charge is 0.481 e. The van der Waals surface area contributed by atoms with Crippen LogP contribution in [0.4, 0.5) is 0 Å². The predicted octanol–water partition coefficient (Wildman–Crippen LogP) is -0.884. The molecule has 0 bridgehead atoms. The van der Waals surface area contributed by atoms with E-state index in [9.17, 15) is 19.2 Å². The van der Waals surface area contributed by atoms with Crippen LogP contribution >= 0.6 is 0 Å². The summed E-state index contributed by atoms with van der Waals surface area (Å²) in [7, 11) is 0. The van der Waals surface area contributed by atoms with Crippen molar-refractivity contribution in [1.29, 1.82) is 0 Å². The monoisotopic (exact) mass is 240 g/mol. The molecule has 90 valence electrons. The Hall–Kier alpha value is -2.64. The van der Waals surface area contributed by atoms with Gasteiger partial charge in [0.1, 0.15) is 11.6 Å². The standard InChI is InChI=1S/C9H8N2O6/c1-2-3(7(13)14)4-5(8(15)16)10-9(17)11-6(4)12/h2-3H,1H2,(H,13,14)(H,15,16)(H2,10,11,12,17). The third-order valence-corrected chi connectivity index (χ3v) is 2.01. The van der Waals surface area contributed by atoms with Gasteiger partial charge in [0, 0.05) is 0 Å². The van der Waals surface area contributed by atoms with Gasteiger partial charge >= 0.3 is 17.6 Å². The van der Waals surface area contributed by atoms with E-state index in [-0.39, 0.29) is 0 Å². The summed E-state index contributed by atoms with van der Waals surface area (Å²) in [6.45, 7) is 3.20. The molecule has 0 amide bonds. The number of aliphatic carboxylic acids is 1. The van der Waals surface area contributed by atoms with Crippen molar-refractivity contribution in [1.82, 2.24) is 9.97 Å². The highest BCUT2D eigenvalue weighted by Gasteiger charge is 2.26. The zero-order valence-electron chi connectivity index (χ0n) is 8.39. The summed E-state index contributed by atoms with van der Waals surface area (Å²) in [6, 6.07) is 0. The van der Waals surface area contributed by atoms with Crippen molar-refractivity contribution < 1.29 is 19.8 Å². The van der Waals surface area contributed by atoms with Gasteiger partial charge in [0.25, 0.3) is 5.56 Å². The van der Waals surface area contributed by atoms with Crippen molar-refractivity contribution in [3.8, 4) is 0 Å². The second kappa shape index (κ2) is 4.47. The maximum atomic E-state index is 11.4. The van der Waals surface area contributed by atoms with Gasteiger partial charge in [-0.2, -0.15) is 0 Å². The smallest absolute Gasteiger partial charge is 0.352 e. The minimum Gasteiger partial charge on any atom is -0.481 e. The molecule has 0 aliphatic heterocycles. The third-order valence-electron chi connectivity index (χ3n) is 2.01. The number of carboxylic acids is 2. The van der Waals surface area contributed by atoms with Crippen LogP contribution in [0.15, 0.2) is 22.2 Å². The number of hydrogen-bond acceptors (Lipinski definition) is 4. The van der Waals surface area contributed by atoms with Crippen LogP contribution in [0.3, 0.4) is 0 Å². The van der Waals surface area contributed by atoms with Crippen LogP contribution in [0.25, 0.3) is 0 Å². The topological polar surface area (TPSA) is 140 Å². The highest BCUT2D eigenvalue weighted by atomic mass is 16.4. The van der Waals surface area contributed by atoms with Crippen LogP contribution < -0.4 is 11.2 Å². The van der Waals surface area contributed by atoms with E-state index < -0.39 is 40.4 Å². The van der Waals surface area contributed by atoms with Crippen molar-refractivity contribution in [3.63, 3.8) is 0 Å². The molecule has 4 N–H and O–H groups in total. The first-order valence-corrected chi connectivity index (χ1v) is 4.33. The Morgan fingerprint density at radius 2 is 1.82 bits per heavy atom. The average Bonchev–Trinajstić information content (AvgIpc) is 2.20. The normalized spacial score (nSPS) is 11.8. The van der Waals surface area contributed by atoms with E-state index in [1.807, 2.05) is 4.98 Å². The molecule has 0 spiro atoms. The Balaban J connectivity index is 3.67. The van der Waals surface area contributed by atoms with Gasteiger partial charge in [-0.25, -0.2) is 9.59 Å². The average molecular weight is 240 g/mol. The molecular weight excluding hydrogens is 232 g/mol. The van der Waals surface area contributed by atoms with E-state index in [1.54, 1.807) is 4.98 Å². The molecule has 1 unspecified atom stereocenters. The van der Waals surface area contributed by atoms with Crippen molar-refractivity contribution in [2.75, 3.05) is 0 Å². The fourth-order valence-electron chi connectivity index (χ4n) is 1.30. The molecule has 8 nitrogen and oxygen atoms in total. The Morgan fingerprint density at radius 3 is 2.24 bits per heavy atom. The zero-order valence-corrected chi connectivity index (χ0v) is 8.39. The van der Waals surface area contributed by atoms with Crippen molar-refractivity contribution in [3.05, 3.63) is 44.8 Å². The van der Waals surface area contributed by atoms with E-state index in [4.69, 9.17) is 10.2 Å². The highest BCUT2D eigenvalue weighted by molar-refractivity contribution is 5.90. The molecule has 0 aliphatic rings. The Bertz CT molecular complexity index is 596. The van der Waals surface area contributed by atoms with E-state index in [2.05, 4.69) is 6.58 Å². The Labute approximate surface area is 93.2 Å². The molecule has 1 aromatic rings. The summed E-state index contributed by atoms with van der Waals surface area (Å²) in [6.07, 6.45) is 0.900. The fraction of sp³-hybridized carbons (Fsp3) is 0.111. The van der Waals surface area contributed by atoms with E-state index in [1.165, 1.54) is 0 Å². The first-order chi connectivity index (χ1) is 7.88. The van der Waals surface area contributed by atoms with Crippen molar-refractivity contribution in [2.24, 2.45) is 0 Å². The molecule has 0 saturated carbocycles. The lowest BCUT2D eigenvalue weighted by molar-refractivity contribution is -0.137. The van der Waals surface area contributed by atoms with Gasteiger partial charge in [-0.1, -0.05) is 6.08 Å². The number of aromatic carboxylic acids is 1. The van der Waals surface area contributed by atoms with Crippen molar-refractivity contribution >= 4 is 11.9 Å². The molecule has 0 aromatic carbocycles. The molecule has 1 atom stereocenters. The van der Waals surface area contributed by atoms with Gasteiger partial charge in [0.2, 0.25) is 0 Å². The minimum absolute atomic E-state index is 0.570. The van der Waals surface area contributed by atoms with Crippen LogP contribution in [0.1, 0.15) is 22.0 Å². The van der Waals surface area contributed by atoms with Crippen molar-refractivity contribution in [2.45, 2.75) is 5.92 Å². The lowest BCUT2D eigenvalue weighted by atomic mass is 9.99. The second-order valence-corrected chi connectivity index (χ2v) is 3.05. The molecule has 1 aromatic heterocycles. The van der Waals surface area contributed by atoms with Crippen LogP contribution in [0, 0.1) is 0 Å². The van der Waals surface area contributed by atoms with Gasteiger partial charge in [-0.3, -0.25) is 14.6 Å². The van der Waals surface area contributed by atoms with Gasteiger partial charge in [-0.15, -0.1) is 6.58 Å². The Morgan fingerprint density at radius 1 is 1.24 bits per heavy atom. The molecule has 1 heterocycles. The van der Waals surface area contributed by atoms with Crippen LogP contribution in [-0.2, 0) is 4.79 Å². The summed E-state index contributed by atoms with van der Waals surface area (Å²) in [5.74, 6) is -4.56. The molecule has 0 aliphatic carbocycles. The first kappa shape index (κ1) is 12.4. The summed E-state index contributed by atoms with van der Waals surface area (Å²) in [5, 5.41) is 17.6. The number of aromatic nitrogens is 2. The van der Waals surface area contributed by atoms with Gasteiger partial charge in [0.05, 0.1) is 5.56 Å². The minimum atomic E-state index is -1.60. The summed E-state index contributed by atoms with van der Waals surface area (Å²) < 4.78 is 0. The molecule has 17 heavy (non-hydrogen) atoms. The van der Waals surface area contributed by atoms with Crippen LogP contribution in [0.5, 0.6) is 0 Å². The van der Waals surface area contributed by atoms with E-state index >= 15 is 0 Å². The van der Waals surface area contributed by atoms with Crippen LogP contribution in [-0.4, -0.2) is 32.1 Å². The lowest BCUT2D eigenvalue weighted by Crippen LogP contribution is -2.32.